The first-order chi connectivity index (χ1) is 3.00. The largest absolute Gasteiger partial charge is 0.153 e. The smallest absolute Gasteiger partial charge is 0 e. The zero-order chi connectivity index (χ0) is 6.00. The third-order valence-electron chi connectivity index (χ3n) is 0. The quantitative estimate of drug-likeness (QED) is 0.403. The minimum atomic E-state index is 0. The monoisotopic (exact) mass is 187 g/mol. The van der Waals surface area contributed by atoms with E-state index in [0.29, 0.717) is 0 Å². The van der Waals surface area contributed by atoms with Gasteiger partial charge in [-0.15, -0.1) is 17.9 Å². The van der Waals surface area contributed by atoms with Crippen LogP contribution in [0, 0.1) is 0 Å². The Hall–Kier alpha value is 1.35. The molecule has 0 aromatic heterocycles. The van der Waals surface area contributed by atoms with Crippen molar-refractivity contribution in [1.29, 1.82) is 0 Å². The van der Waals surface area contributed by atoms with Crippen LogP contribution in [0.3, 0.4) is 0 Å². The molecule has 0 rings (SSSR count). The highest BCUT2D eigenvalue weighted by Gasteiger charge is 0.934. The molecule has 3 atom stereocenters. The van der Waals surface area contributed by atoms with E-state index in [1.54, 1.807) is 0 Å². The van der Waals surface area contributed by atoms with Gasteiger partial charge in [-0.25, -0.2) is 0 Å². The lowest BCUT2D eigenvalue weighted by molar-refractivity contribution is 1.50. The van der Waals surface area contributed by atoms with Crippen LogP contribution in [0.5, 0.6) is 0 Å². The van der Waals surface area contributed by atoms with Crippen molar-refractivity contribution >= 4 is 36.2 Å². The fraction of sp³-hybridized carbons (Fsp3) is 1.00. The second-order valence-corrected chi connectivity index (χ2v) is 0. The third kappa shape index (κ3) is 276. The SMILES string of the molecule is C.CC.CC.P.PP.[B]. The van der Waals surface area contributed by atoms with Crippen molar-refractivity contribution in [1.82, 2.24) is 0 Å². The minimum absolute atomic E-state index is 0. The van der Waals surface area contributed by atoms with Gasteiger partial charge in [-0.05, 0) is 0 Å². The van der Waals surface area contributed by atoms with Gasteiger partial charge < -0.3 is 0 Å². The molecular weight excluding hydrogens is 164 g/mol. The summed E-state index contributed by atoms with van der Waals surface area (Å²) < 4.78 is 0. The first kappa shape index (κ1) is 47.8. The van der Waals surface area contributed by atoms with Crippen LogP contribution in [0.2, 0.25) is 0 Å². The highest BCUT2D eigenvalue weighted by atomic mass is 32.0. The van der Waals surface area contributed by atoms with E-state index in [2.05, 4.69) is 17.9 Å². The summed E-state index contributed by atoms with van der Waals surface area (Å²) in [7, 11) is 4.67. The maximum absolute atomic E-state index is 2.33. The van der Waals surface area contributed by atoms with E-state index >= 15 is 0 Å². The Kier molecular flexibility index (Phi) is 1890. The Labute approximate surface area is 71.8 Å². The summed E-state index contributed by atoms with van der Waals surface area (Å²) in [6.07, 6.45) is 0. The summed E-state index contributed by atoms with van der Waals surface area (Å²) in [6.45, 7) is 8.00. The van der Waals surface area contributed by atoms with Crippen LogP contribution in [-0.2, 0) is 0 Å². The van der Waals surface area contributed by atoms with E-state index < -0.39 is 0 Å². The zero-order valence-electron chi connectivity index (χ0n) is 6.44. The molecule has 0 aliphatic heterocycles. The molecule has 0 spiro atoms. The van der Waals surface area contributed by atoms with Gasteiger partial charge in [0.05, 0.1) is 0 Å². The van der Waals surface area contributed by atoms with Crippen molar-refractivity contribution in [3.8, 4) is 0 Å². The van der Waals surface area contributed by atoms with Gasteiger partial charge in [0.15, 0.2) is 0 Å². The molecule has 0 heterocycles. The van der Waals surface area contributed by atoms with Gasteiger partial charge >= 0.3 is 0 Å². The lowest BCUT2D eigenvalue weighted by Gasteiger charge is -1.12. The van der Waals surface area contributed by atoms with Crippen molar-refractivity contribution in [3.05, 3.63) is 0 Å². The minimum Gasteiger partial charge on any atom is -0.153 e. The first-order valence-electron chi connectivity index (χ1n) is 2.33. The number of rotatable bonds is 0. The van der Waals surface area contributed by atoms with Crippen LogP contribution in [-0.4, -0.2) is 8.41 Å². The van der Waals surface area contributed by atoms with Gasteiger partial charge in [0.2, 0.25) is 0 Å². The topological polar surface area (TPSA) is 0 Å². The van der Waals surface area contributed by atoms with Crippen molar-refractivity contribution in [2.45, 2.75) is 35.1 Å². The third-order valence-corrected chi connectivity index (χ3v) is 0. The van der Waals surface area contributed by atoms with E-state index in [-0.39, 0.29) is 25.7 Å². The Morgan fingerprint density at radius 3 is 0.778 bits per heavy atom. The average molecular weight is 187 g/mol. The standard InChI is InChI=1S/2C2H6.CH4.B.H4P2.H3P/c2*1-2;;;1-2;/h2*1-2H3;1H4;;1-2H2;1H3. The molecule has 4 heteroatoms. The molecule has 0 saturated heterocycles. The Balaban J connectivity index is -0.00000000321. The van der Waals surface area contributed by atoms with E-state index in [0.717, 1.165) is 0 Å². The van der Waals surface area contributed by atoms with Gasteiger partial charge in [0.25, 0.3) is 0 Å². The molecule has 0 saturated carbocycles. The lowest BCUT2D eigenvalue weighted by atomic mass is 10.8. The van der Waals surface area contributed by atoms with Crippen LogP contribution in [0.1, 0.15) is 35.1 Å². The molecule has 0 amide bonds. The predicted molar refractivity (Wildman–Crippen MR) is 65.7 cm³/mol. The van der Waals surface area contributed by atoms with Crippen LogP contribution < -0.4 is 0 Å². The molecule has 3 unspecified atom stereocenters. The van der Waals surface area contributed by atoms with Gasteiger partial charge in [-0.2, -0.15) is 9.90 Å². The molecule has 0 aromatic rings. The van der Waals surface area contributed by atoms with Gasteiger partial charge in [0, 0.05) is 8.41 Å². The zero-order valence-corrected chi connectivity index (χ0v) is 10.2. The van der Waals surface area contributed by atoms with Crippen LogP contribution in [0.25, 0.3) is 0 Å². The van der Waals surface area contributed by atoms with Crippen LogP contribution in [0.15, 0.2) is 0 Å². The van der Waals surface area contributed by atoms with Gasteiger partial charge in [-0.1, -0.05) is 35.1 Å². The molecule has 61 valence electrons. The second-order valence-electron chi connectivity index (χ2n) is 0. The molecule has 0 nitrogen and oxygen atoms in total. The second kappa shape index (κ2) is 356. The Morgan fingerprint density at radius 2 is 0.778 bits per heavy atom. The van der Waals surface area contributed by atoms with Crippen molar-refractivity contribution in [2.24, 2.45) is 0 Å². The first-order valence-corrected chi connectivity index (χ1v) is 5.00. The van der Waals surface area contributed by atoms with Crippen LogP contribution >= 0.6 is 27.8 Å². The maximum Gasteiger partial charge on any atom is 0 e. The molecule has 0 aromatic carbocycles. The van der Waals surface area contributed by atoms with Crippen LogP contribution in [0.4, 0.5) is 0 Å². The van der Waals surface area contributed by atoms with E-state index in [1.807, 2.05) is 27.7 Å². The summed E-state index contributed by atoms with van der Waals surface area (Å²) in [5.74, 6) is 0. The molecular formula is C5H23BP3. The van der Waals surface area contributed by atoms with Crippen molar-refractivity contribution in [3.63, 3.8) is 0 Å². The Morgan fingerprint density at radius 1 is 0.778 bits per heavy atom. The average Bonchev–Trinajstić information content (AvgIpc) is 1.81. The summed E-state index contributed by atoms with van der Waals surface area (Å²) in [6, 6.07) is 0. The maximum atomic E-state index is 2.33. The number of hydrogen-bond donors (Lipinski definition) is 0. The summed E-state index contributed by atoms with van der Waals surface area (Å²) in [5, 5.41) is 0. The molecule has 0 bridgehead atoms. The molecule has 3 radical (unpaired) electrons. The predicted octanol–water partition coefficient (Wildman–Crippen LogP) is 3.02. The lowest BCUT2D eigenvalue weighted by Crippen LogP contribution is -0.856. The summed E-state index contributed by atoms with van der Waals surface area (Å²) >= 11 is 0. The summed E-state index contributed by atoms with van der Waals surface area (Å²) in [5.41, 5.74) is 0. The van der Waals surface area contributed by atoms with Gasteiger partial charge in [-0.3, -0.25) is 0 Å². The normalized spacial score (nSPS) is 2.00. The highest BCUT2D eigenvalue weighted by Crippen LogP contribution is 1.86. The summed E-state index contributed by atoms with van der Waals surface area (Å²) in [4.78, 5) is 0. The Bertz CT molecular complexity index is 12.2. The number of hydrogen-bond acceptors (Lipinski definition) is 0. The molecule has 0 aliphatic rings. The van der Waals surface area contributed by atoms with E-state index in [1.165, 1.54) is 0 Å². The van der Waals surface area contributed by atoms with E-state index in [9.17, 15) is 0 Å². The molecule has 0 aliphatic carbocycles. The molecule has 0 fully saturated rings. The van der Waals surface area contributed by atoms with E-state index in [4.69, 9.17) is 0 Å². The fourth-order valence-electron chi connectivity index (χ4n) is 0. The fourth-order valence-corrected chi connectivity index (χ4v) is 0. The molecule has 0 N–H and O–H groups in total. The van der Waals surface area contributed by atoms with Gasteiger partial charge in [0.1, 0.15) is 0 Å². The molecule has 9 heavy (non-hydrogen) atoms. The van der Waals surface area contributed by atoms with Crippen molar-refractivity contribution in [2.75, 3.05) is 0 Å². The highest BCUT2D eigenvalue weighted by molar-refractivity contribution is 7.92. The van der Waals surface area contributed by atoms with Crippen molar-refractivity contribution < 1.29 is 0 Å².